The average molecular weight is 527 g/mol. The molecule has 0 spiro atoms. The highest BCUT2D eigenvalue weighted by Gasteiger charge is 2.49. The van der Waals surface area contributed by atoms with Crippen molar-refractivity contribution in [3.8, 4) is 0 Å². The van der Waals surface area contributed by atoms with E-state index in [1.807, 2.05) is 0 Å². The predicted octanol–water partition coefficient (Wildman–Crippen LogP) is 8.16. The van der Waals surface area contributed by atoms with Gasteiger partial charge in [0.25, 0.3) is 0 Å². The summed E-state index contributed by atoms with van der Waals surface area (Å²) in [5.41, 5.74) is 2.36. The van der Waals surface area contributed by atoms with Gasteiger partial charge in [-0.05, 0) is 24.5 Å². The lowest BCUT2D eigenvalue weighted by atomic mass is 9.74. The molecule has 3 N–H and O–H groups in total. The maximum atomic E-state index is 13.7. The van der Waals surface area contributed by atoms with E-state index in [1.54, 1.807) is 0 Å². The molecule has 3 rings (SSSR count). The summed E-state index contributed by atoms with van der Waals surface area (Å²) in [5.74, 6) is -0.174. The van der Waals surface area contributed by atoms with Gasteiger partial charge in [-0.2, -0.15) is 26.3 Å². The summed E-state index contributed by atoms with van der Waals surface area (Å²) >= 11 is 18.3. The fraction of sp³-hybridized carbons (Fsp3) is 0.500. The van der Waals surface area contributed by atoms with Crippen molar-refractivity contribution in [3.63, 3.8) is 0 Å². The Kier molecular flexibility index (Phi) is 6.99. The summed E-state index contributed by atoms with van der Waals surface area (Å²) in [7, 11) is 0. The molecule has 1 aliphatic carbocycles. The SMILES string of the molecule is NC(CC1CCC1)(CC(F)(F)F)c1sc(Nc2c(Cl)cc(Cl)cc2Cl)nc1C(F)(F)F. The number of halogens is 9. The number of hydrogen-bond acceptors (Lipinski definition) is 4. The van der Waals surface area contributed by atoms with Gasteiger partial charge in [0, 0.05) is 5.02 Å². The number of alkyl halides is 6. The number of benzene rings is 1. The Morgan fingerprint density at radius 2 is 1.65 bits per heavy atom. The van der Waals surface area contributed by atoms with Crippen LogP contribution in [0, 0.1) is 5.92 Å². The lowest BCUT2D eigenvalue weighted by Gasteiger charge is -2.37. The van der Waals surface area contributed by atoms with E-state index in [9.17, 15) is 26.3 Å². The zero-order chi connectivity index (χ0) is 23.2. The number of nitrogens with zero attached hydrogens (tertiary/aromatic N) is 1. The van der Waals surface area contributed by atoms with Crippen LogP contribution in [-0.2, 0) is 11.7 Å². The minimum Gasteiger partial charge on any atom is -0.329 e. The summed E-state index contributed by atoms with van der Waals surface area (Å²) in [6, 6.07) is 2.62. The van der Waals surface area contributed by atoms with Gasteiger partial charge < -0.3 is 11.1 Å². The highest BCUT2D eigenvalue weighted by atomic mass is 35.5. The van der Waals surface area contributed by atoms with Gasteiger partial charge in [0.05, 0.1) is 32.6 Å². The molecule has 1 fully saturated rings. The minimum absolute atomic E-state index is 0.00609. The molecule has 1 aromatic heterocycles. The van der Waals surface area contributed by atoms with Crippen molar-refractivity contribution in [2.45, 2.75) is 50.0 Å². The van der Waals surface area contributed by atoms with Crippen LogP contribution in [0.5, 0.6) is 0 Å². The highest BCUT2D eigenvalue weighted by molar-refractivity contribution is 7.16. The van der Waals surface area contributed by atoms with E-state index in [-0.39, 0.29) is 38.2 Å². The Balaban J connectivity index is 2.06. The van der Waals surface area contributed by atoms with Gasteiger partial charge in [-0.15, -0.1) is 0 Å². The van der Waals surface area contributed by atoms with E-state index in [2.05, 4.69) is 10.3 Å². The first-order chi connectivity index (χ1) is 14.2. The Bertz CT molecular complexity index is 935. The number of rotatable bonds is 6. The zero-order valence-electron chi connectivity index (χ0n) is 15.6. The molecule has 172 valence electrons. The molecule has 1 heterocycles. The molecular weight excluding hydrogens is 511 g/mol. The molecule has 0 radical (unpaired) electrons. The van der Waals surface area contributed by atoms with Crippen LogP contribution in [-0.4, -0.2) is 11.2 Å². The van der Waals surface area contributed by atoms with E-state index in [0.717, 1.165) is 6.42 Å². The minimum atomic E-state index is -5.00. The molecule has 1 aliphatic rings. The molecule has 0 saturated heterocycles. The van der Waals surface area contributed by atoms with Gasteiger partial charge in [-0.3, -0.25) is 0 Å². The number of aromatic nitrogens is 1. The Hall–Kier alpha value is -0.940. The van der Waals surface area contributed by atoms with Crippen LogP contribution >= 0.6 is 46.1 Å². The molecule has 0 bridgehead atoms. The van der Waals surface area contributed by atoms with E-state index in [0.29, 0.717) is 24.2 Å². The fourth-order valence-corrected chi connectivity index (χ4v) is 5.50. The van der Waals surface area contributed by atoms with Crippen molar-refractivity contribution >= 4 is 57.0 Å². The van der Waals surface area contributed by atoms with Crippen LogP contribution < -0.4 is 11.1 Å². The number of nitrogens with two attached hydrogens (primary N) is 1. The molecule has 0 aliphatic heterocycles. The maximum absolute atomic E-state index is 13.7. The largest absolute Gasteiger partial charge is 0.434 e. The van der Waals surface area contributed by atoms with Gasteiger partial charge in [-0.1, -0.05) is 65.4 Å². The highest BCUT2D eigenvalue weighted by Crippen LogP contribution is 2.49. The van der Waals surface area contributed by atoms with Gasteiger partial charge in [-0.25, -0.2) is 4.98 Å². The molecule has 1 atom stereocenters. The van der Waals surface area contributed by atoms with E-state index in [4.69, 9.17) is 40.5 Å². The third kappa shape index (κ3) is 5.90. The number of nitrogens with one attached hydrogen (secondary N) is 1. The third-order valence-electron chi connectivity index (χ3n) is 4.98. The second-order valence-corrected chi connectivity index (χ2v) is 9.76. The first-order valence-corrected chi connectivity index (χ1v) is 11.0. The molecule has 1 aromatic carbocycles. The van der Waals surface area contributed by atoms with Crippen LogP contribution in [0.3, 0.4) is 0 Å². The first kappa shape index (κ1) is 24.7. The summed E-state index contributed by atoms with van der Waals surface area (Å²) in [6.45, 7) is 0. The van der Waals surface area contributed by atoms with Gasteiger partial charge >= 0.3 is 12.4 Å². The zero-order valence-corrected chi connectivity index (χ0v) is 18.7. The van der Waals surface area contributed by atoms with Crippen molar-refractivity contribution in [2.24, 2.45) is 11.7 Å². The standard InChI is InChI=1S/C18H16Cl3F6N3S/c19-9-4-10(20)12(11(21)5-9)29-15-30-13(18(25,26)27)14(31-15)16(28,7-17(22,23)24)6-8-2-1-3-8/h4-5,8H,1-3,6-7,28H2,(H,29,30). The van der Waals surface area contributed by atoms with Crippen molar-refractivity contribution in [2.75, 3.05) is 5.32 Å². The average Bonchev–Trinajstić information content (AvgIpc) is 2.98. The smallest absolute Gasteiger partial charge is 0.329 e. The molecule has 0 amide bonds. The Morgan fingerprint density at radius 3 is 2.10 bits per heavy atom. The van der Waals surface area contributed by atoms with Crippen molar-refractivity contribution in [1.29, 1.82) is 0 Å². The van der Waals surface area contributed by atoms with Gasteiger partial charge in [0.2, 0.25) is 0 Å². The Labute approximate surface area is 192 Å². The van der Waals surface area contributed by atoms with Gasteiger partial charge in [0.15, 0.2) is 10.8 Å². The molecular formula is C18H16Cl3F6N3S. The van der Waals surface area contributed by atoms with Gasteiger partial charge in [0.1, 0.15) is 0 Å². The predicted molar refractivity (Wildman–Crippen MR) is 110 cm³/mol. The second-order valence-electron chi connectivity index (χ2n) is 7.51. The monoisotopic (exact) mass is 525 g/mol. The van der Waals surface area contributed by atoms with Crippen molar-refractivity contribution < 1.29 is 26.3 Å². The summed E-state index contributed by atoms with van der Waals surface area (Å²) < 4.78 is 81.0. The molecule has 1 saturated carbocycles. The molecule has 3 nitrogen and oxygen atoms in total. The first-order valence-electron chi connectivity index (χ1n) is 9.04. The quantitative estimate of drug-likeness (QED) is 0.373. The topological polar surface area (TPSA) is 50.9 Å². The normalized spacial score (nSPS) is 17.4. The maximum Gasteiger partial charge on any atom is 0.434 e. The molecule has 1 unspecified atom stereocenters. The lowest BCUT2D eigenvalue weighted by Crippen LogP contribution is -2.44. The molecule has 13 heteroatoms. The number of thiazole rings is 1. The fourth-order valence-electron chi connectivity index (χ4n) is 3.49. The van der Waals surface area contributed by atoms with Crippen LogP contribution in [0.2, 0.25) is 15.1 Å². The van der Waals surface area contributed by atoms with Crippen molar-refractivity contribution in [1.82, 2.24) is 4.98 Å². The number of anilines is 2. The molecule has 31 heavy (non-hydrogen) atoms. The lowest BCUT2D eigenvalue weighted by molar-refractivity contribution is -0.155. The Morgan fingerprint density at radius 1 is 1.06 bits per heavy atom. The second kappa shape index (κ2) is 8.78. The summed E-state index contributed by atoms with van der Waals surface area (Å²) in [6.07, 6.45) is -9.53. The van der Waals surface area contributed by atoms with E-state index < -0.39 is 34.9 Å². The number of hydrogen-bond donors (Lipinski definition) is 2. The van der Waals surface area contributed by atoms with E-state index >= 15 is 0 Å². The molecule has 2 aromatic rings. The van der Waals surface area contributed by atoms with Crippen LogP contribution in [0.1, 0.15) is 42.7 Å². The van der Waals surface area contributed by atoms with Crippen LogP contribution in [0.15, 0.2) is 12.1 Å². The summed E-state index contributed by atoms with van der Waals surface area (Å²) in [4.78, 5) is 2.84. The third-order valence-corrected chi connectivity index (χ3v) is 6.99. The summed E-state index contributed by atoms with van der Waals surface area (Å²) in [5, 5.41) is 2.44. The van der Waals surface area contributed by atoms with Crippen molar-refractivity contribution in [3.05, 3.63) is 37.8 Å². The van der Waals surface area contributed by atoms with E-state index in [1.165, 1.54) is 12.1 Å². The van der Waals surface area contributed by atoms with Crippen LogP contribution in [0.25, 0.3) is 0 Å². The van der Waals surface area contributed by atoms with Crippen LogP contribution in [0.4, 0.5) is 37.2 Å².